The quantitative estimate of drug-likeness (QED) is 0.456. The van der Waals surface area contributed by atoms with E-state index >= 15 is 0 Å². The van der Waals surface area contributed by atoms with Crippen molar-refractivity contribution in [2.24, 2.45) is 5.92 Å². The fraction of sp³-hybridized carbons (Fsp3) is 1.00. The Labute approximate surface area is 114 Å². The third kappa shape index (κ3) is 12.4. The molecule has 0 saturated heterocycles. The van der Waals surface area contributed by atoms with Gasteiger partial charge in [-0.1, -0.05) is 71.1 Å². The van der Waals surface area contributed by atoms with Gasteiger partial charge in [-0.3, -0.25) is 0 Å². The summed E-state index contributed by atoms with van der Waals surface area (Å²) in [5, 5.41) is 17.9. The van der Waals surface area contributed by atoms with Crippen molar-refractivity contribution in [3.8, 4) is 0 Å². The summed E-state index contributed by atoms with van der Waals surface area (Å²) in [7, 11) is 0. The Bertz CT molecular complexity index is 148. The predicted molar refractivity (Wildman–Crippen MR) is 78.7 cm³/mol. The lowest BCUT2D eigenvalue weighted by Crippen LogP contribution is -2.07. The maximum atomic E-state index is 9.09. The molecule has 0 aliphatic rings. The van der Waals surface area contributed by atoms with Crippen molar-refractivity contribution in [1.29, 1.82) is 0 Å². The summed E-state index contributed by atoms with van der Waals surface area (Å²) in [5.41, 5.74) is 0. The van der Waals surface area contributed by atoms with Gasteiger partial charge in [0, 0.05) is 13.2 Å². The van der Waals surface area contributed by atoms with Gasteiger partial charge in [0.2, 0.25) is 0 Å². The normalized spacial score (nSPS) is 12.8. The molecule has 2 N–H and O–H groups in total. The fourth-order valence-corrected chi connectivity index (χ4v) is 2.43. The zero-order valence-electron chi connectivity index (χ0n) is 12.4. The van der Waals surface area contributed by atoms with Crippen molar-refractivity contribution in [2.45, 2.75) is 84.0 Å². The SMILES string of the molecule is CCCCCCCCCCCCC(CO)CCO. The van der Waals surface area contributed by atoms with Crippen LogP contribution in [0.5, 0.6) is 0 Å². The molecule has 18 heavy (non-hydrogen) atoms. The van der Waals surface area contributed by atoms with Gasteiger partial charge in [-0.25, -0.2) is 0 Å². The summed E-state index contributed by atoms with van der Waals surface area (Å²) < 4.78 is 0. The fourth-order valence-electron chi connectivity index (χ4n) is 2.43. The smallest absolute Gasteiger partial charge is 0.0460 e. The van der Waals surface area contributed by atoms with Crippen LogP contribution in [0.2, 0.25) is 0 Å². The Balaban J connectivity index is 3.10. The van der Waals surface area contributed by atoms with Gasteiger partial charge < -0.3 is 10.2 Å². The Morgan fingerprint density at radius 3 is 1.61 bits per heavy atom. The first-order valence-corrected chi connectivity index (χ1v) is 8.06. The predicted octanol–water partition coefficient (Wildman–Crippen LogP) is 4.29. The van der Waals surface area contributed by atoms with E-state index in [4.69, 9.17) is 10.2 Å². The second-order valence-corrected chi connectivity index (χ2v) is 5.53. The van der Waals surface area contributed by atoms with Gasteiger partial charge in [-0.2, -0.15) is 0 Å². The van der Waals surface area contributed by atoms with Crippen LogP contribution in [-0.4, -0.2) is 23.4 Å². The summed E-state index contributed by atoms with van der Waals surface area (Å²) in [6.45, 7) is 2.71. The molecule has 0 aliphatic heterocycles. The lowest BCUT2D eigenvalue weighted by atomic mass is 9.98. The maximum Gasteiger partial charge on any atom is 0.0460 e. The minimum atomic E-state index is 0.211. The summed E-state index contributed by atoms with van der Waals surface area (Å²) in [6, 6.07) is 0. The molecule has 0 saturated carbocycles. The monoisotopic (exact) mass is 258 g/mol. The van der Waals surface area contributed by atoms with Crippen LogP contribution in [0.4, 0.5) is 0 Å². The summed E-state index contributed by atoms with van der Waals surface area (Å²) in [5.74, 6) is 0.323. The molecule has 0 amide bonds. The number of unbranched alkanes of at least 4 members (excludes halogenated alkanes) is 9. The first kappa shape index (κ1) is 17.9. The largest absolute Gasteiger partial charge is 0.396 e. The first-order valence-electron chi connectivity index (χ1n) is 8.06. The van der Waals surface area contributed by atoms with Crippen LogP contribution >= 0.6 is 0 Å². The van der Waals surface area contributed by atoms with Crippen molar-refractivity contribution in [1.82, 2.24) is 0 Å². The Hall–Kier alpha value is -0.0800. The summed E-state index contributed by atoms with van der Waals surface area (Å²) >= 11 is 0. The Morgan fingerprint density at radius 2 is 1.17 bits per heavy atom. The molecule has 0 aromatic carbocycles. The molecule has 0 radical (unpaired) electrons. The van der Waals surface area contributed by atoms with E-state index in [0.29, 0.717) is 5.92 Å². The maximum absolute atomic E-state index is 9.09. The highest BCUT2D eigenvalue weighted by Crippen LogP contribution is 2.15. The molecule has 0 fully saturated rings. The van der Waals surface area contributed by atoms with Crippen LogP contribution in [0.15, 0.2) is 0 Å². The van der Waals surface area contributed by atoms with E-state index in [1.807, 2.05) is 0 Å². The molecule has 0 heterocycles. The van der Waals surface area contributed by atoms with Crippen molar-refractivity contribution in [2.75, 3.05) is 13.2 Å². The minimum Gasteiger partial charge on any atom is -0.396 e. The summed E-state index contributed by atoms with van der Waals surface area (Å²) in [6.07, 6.45) is 15.4. The minimum absolute atomic E-state index is 0.211. The van der Waals surface area contributed by atoms with Crippen LogP contribution in [0.25, 0.3) is 0 Å². The highest BCUT2D eigenvalue weighted by molar-refractivity contribution is 4.57. The van der Waals surface area contributed by atoms with E-state index in [1.165, 1.54) is 64.2 Å². The van der Waals surface area contributed by atoms with Crippen molar-refractivity contribution >= 4 is 0 Å². The summed E-state index contributed by atoms with van der Waals surface area (Å²) in [4.78, 5) is 0. The first-order chi connectivity index (χ1) is 8.85. The molecular formula is C16H34O2. The van der Waals surface area contributed by atoms with Crippen molar-refractivity contribution < 1.29 is 10.2 Å². The molecular weight excluding hydrogens is 224 g/mol. The van der Waals surface area contributed by atoms with E-state index in [0.717, 1.165) is 12.8 Å². The number of hydrogen-bond acceptors (Lipinski definition) is 2. The third-order valence-electron chi connectivity index (χ3n) is 3.76. The third-order valence-corrected chi connectivity index (χ3v) is 3.76. The van der Waals surface area contributed by atoms with Crippen LogP contribution in [-0.2, 0) is 0 Å². The highest BCUT2D eigenvalue weighted by atomic mass is 16.3. The van der Waals surface area contributed by atoms with Crippen molar-refractivity contribution in [3.05, 3.63) is 0 Å². The average molecular weight is 258 g/mol. The molecule has 0 aromatic heterocycles. The number of aliphatic hydroxyl groups is 2. The van der Waals surface area contributed by atoms with E-state index in [9.17, 15) is 0 Å². The van der Waals surface area contributed by atoms with Crippen LogP contribution in [0.3, 0.4) is 0 Å². The lowest BCUT2D eigenvalue weighted by Gasteiger charge is -2.11. The van der Waals surface area contributed by atoms with Crippen LogP contribution in [0, 0.1) is 5.92 Å². The average Bonchev–Trinajstić information content (AvgIpc) is 2.39. The number of rotatable bonds is 14. The molecule has 1 unspecified atom stereocenters. The van der Waals surface area contributed by atoms with Crippen molar-refractivity contribution in [3.63, 3.8) is 0 Å². The molecule has 0 aliphatic carbocycles. The highest BCUT2D eigenvalue weighted by Gasteiger charge is 2.05. The van der Waals surface area contributed by atoms with E-state index in [2.05, 4.69) is 6.92 Å². The van der Waals surface area contributed by atoms with Gasteiger partial charge in [0.1, 0.15) is 0 Å². The van der Waals surface area contributed by atoms with E-state index in [1.54, 1.807) is 0 Å². The molecule has 0 spiro atoms. The van der Waals surface area contributed by atoms with Gasteiger partial charge in [-0.05, 0) is 18.8 Å². The molecule has 2 nitrogen and oxygen atoms in total. The number of hydrogen-bond donors (Lipinski definition) is 2. The molecule has 1 atom stereocenters. The van der Waals surface area contributed by atoms with Gasteiger partial charge in [0.05, 0.1) is 0 Å². The van der Waals surface area contributed by atoms with Gasteiger partial charge in [0.25, 0.3) is 0 Å². The van der Waals surface area contributed by atoms with E-state index < -0.39 is 0 Å². The van der Waals surface area contributed by atoms with Crippen LogP contribution < -0.4 is 0 Å². The molecule has 0 rings (SSSR count). The Kier molecular flexibility index (Phi) is 14.9. The second kappa shape index (κ2) is 15.0. The zero-order valence-corrected chi connectivity index (χ0v) is 12.4. The Morgan fingerprint density at radius 1 is 0.667 bits per heavy atom. The molecule has 2 heteroatoms. The second-order valence-electron chi connectivity index (χ2n) is 5.53. The zero-order chi connectivity index (χ0) is 13.5. The van der Waals surface area contributed by atoms with Crippen LogP contribution in [0.1, 0.15) is 84.0 Å². The van der Waals surface area contributed by atoms with Gasteiger partial charge in [0.15, 0.2) is 0 Å². The molecule has 110 valence electrons. The lowest BCUT2D eigenvalue weighted by molar-refractivity contribution is 0.174. The van der Waals surface area contributed by atoms with E-state index in [-0.39, 0.29) is 13.2 Å². The van der Waals surface area contributed by atoms with Gasteiger partial charge >= 0.3 is 0 Å². The molecule has 0 aromatic rings. The molecule has 0 bridgehead atoms. The number of aliphatic hydroxyl groups excluding tert-OH is 2. The topological polar surface area (TPSA) is 40.5 Å². The standard InChI is InChI=1S/C16H34O2/c1-2-3-4-5-6-7-8-9-10-11-12-16(15-18)13-14-17/h16-18H,2-15H2,1H3. The van der Waals surface area contributed by atoms with Gasteiger partial charge in [-0.15, -0.1) is 0 Å².